The van der Waals surface area contributed by atoms with Gasteiger partial charge in [-0.25, -0.2) is 9.59 Å². The molecule has 1 unspecified atom stereocenters. The number of para-hydroxylation sites is 1. The lowest BCUT2D eigenvalue weighted by Crippen LogP contribution is -2.47. The predicted molar refractivity (Wildman–Crippen MR) is 141 cm³/mol. The molecule has 2 amide bonds. The molecule has 3 aromatic carbocycles. The maximum Gasteiger partial charge on any atom is 0.434 e. The second-order valence-corrected chi connectivity index (χ2v) is 9.25. The first-order chi connectivity index (χ1) is 18.7. The van der Waals surface area contributed by atoms with Crippen molar-refractivity contribution >= 4 is 34.4 Å². The average Bonchev–Trinajstić information content (AvgIpc) is 3.37. The summed E-state index contributed by atoms with van der Waals surface area (Å²) in [6, 6.07) is 17.6. The lowest BCUT2D eigenvalue weighted by atomic mass is 9.94. The Morgan fingerprint density at radius 2 is 1.87 bits per heavy atom. The number of methoxy groups -OCH3 is 1. The number of carbonyl (C=O) groups excluding carboxylic acids is 2. The minimum atomic E-state index is -4.43. The number of nitrogens with zero attached hydrogens (tertiary/aromatic N) is 3. The summed E-state index contributed by atoms with van der Waals surface area (Å²) >= 11 is 0. The number of urea groups is 1. The highest BCUT2D eigenvalue weighted by molar-refractivity contribution is 6.02. The van der Waals surface area contributed by atoms with Crippen molar-refractivity contribution < 1.29 is 27.5 Å². The summed E-state index contributed by atoms with van der Waals surface area (Å²) in [5, 5.41) is 10.3. The van der Waals surface area contributed by atoms with Gasteiger partial charge in [0.2, 0.25) is 0 Å². The molecule has 0 spiro atoms. The van der Waals surface area contributed by atoms with E-state index in [1.165, 1.54) is 25.4 Å². The van der Waals surface area contributed by atoms with Gasteiger partial charge in [0.15, 0.2) is 0 Å². The van der Waals surface area contributed by atoms with E-state index in [0.717, 1.165) is 34.8 Å². The van der Waals surface area contributed by atoms with E-state index in [0.29, 0.717) is 22.2 Å². The first-order valence-electron chi connectivity index (χ1n) is 12.3. The standard InChI is InChI=1S/C28H26F3N5O3/c1-39-27(38)36-25-11-5-9-23(22(25)16-33-36)34-26(37)32-15-21-13-12-19-7-2-3-10-24(19)35(21)17-18-6-4-8-20(14-18)28(29,30)31/h2-11,14,16,21H,12-13,15,17H2,1H3,(H2,32,34,37). The molecule has 1 atom stereocenters. The van der Waals surface area contributed by atoms with Gasteiger partial charge in [-0.15, -0.1) is 0 Å². The van der Waals surface area contributed by atoms with E-state index in [9.17, 15) is 22.8 Å². The summed E-state index contributed by atoms with van der Waals surface area (Å²) in [4.78, 5) is 26.9. The molecule has 0 saturated heterocycles. The van der Waals surface area contributed by atoms with Crippen LogP contribution in [0.3, 0.4) is 0 Å². The van der Waals surface area contributed by atoms with E-state index < -0.39 is 23.9 Å². The molecule has 2 heterocycles. The largest absolute Gasteiger partial charge is 0.451 e. The molecule has 4 aromatic rings. The summed E-state index contributed by atoms with van der Waals surface area (Å²) < 4.78 is 45.8. The van der Waals surface area contributed by atoms with Gasteiger partial charge in [-0.1, -0.05) is 36.4 Å². The number of benzene rings is 3. The number of rotatable bonds is 5. The van der Waals surface area contributed by atoms with Crippen LogP contribution >= 0.6 is 0 Å². The number of aromatic nitrogens is 2. The number of nitrogens with one attached hydrogen (secondary N) is 2. The van der Waals surface area contributed by atoms with E-state index in [-0.39, 0.29) is 19.1 Å². The fraction of sp³-hybridized carbons (Fsp3) is 0.250. The number of carbonyl (C=O) groups is 2. The first kappa shape index (κ1) is 26.1. The molecule has 1 aliphatic rings. The molecule has 0 bridgehead atoms. The third-order valence-corrected chi connectivity index (χ3v) is 6.80. The highest BCUT2D eigenvalue weighted by Gasteiger charge is 2.31. The maximum atomic E-state index is 13.3. The van der Waals surface area contributed by atoms with Crippen molar-refractivity contribution in [2.75, 3.05) is 23.9 Å². The average molecular weight is 538 g/mol. The van der Waals surface area contributed by atoms with Crippen molar-refractivity contribution in [3.8, 4) is 0 Å². The van der Waals surface area contributed by atoms with Gasteiger partial charge in [0.1, 0.15) is 0 Å². The van der Waals surface area contributed by atoms with E-state index in [4.69, 9.17) is 4.74 Å². The number of amides is 2. The zero-order chi connectivity index (χ0) is 27.6. The van der Waals surface area contributed by atoms with Gasteiger partial charge in [0.05, 0.1) is 30.1 Å². The molecule has 0 radical (unpaired) electrons. The van der Waals surface area contributed by atoms with Crippen molar-refractivity contribution in [1.29, 1.82) is 0 Å². The van der Waals surface area contributed by atoms with Crippen molar-refractivity contribution in [2.45, 2.75) is 31.6 Å². The maximum absolute atomic E-state index is 13.3. The van der Waals surface area contributed by atoms with Crippen molar-refractivity contribution in [3.05, 3.63) is 89.6 Å². The van der Waals surface area contributed by atoms with Crippen molar-refractivity contribution in [3.63, 3.8) is 0 Å². The highest BCUT2D eigenvalue weighted by atomic mass is 19.4. The van der Waals surface area contributed by atoms with Gasteiger partial charge >= 0.3 is 18.3 Å². The molecule has 0 saturated carbocycles. The summed E-state index contributed by atoms with van der Waals surface area (Å²) in [5.41, 5.74) is 2.84. The molecular weight excluding hydrogens is 511 g/mol. The van der Waals surface area contributed by atoms with Crippen molar-refractivity contribution in [1.82, 2.24) is 15.1 Å². The Morgan fingerprint density at radius 3 is 2.67 bits per heavy atom. The van der Waals surface area contributed by atoms with Crippen LogP contribution in [-0.4, -0.2) is 41.6 Å². The lowest BCUT2D eigenvalue weighted by molar-refractivity contribution is -0.137. The minimum absolute atomic E-state index is 0.141. The van der Waals surface area contributed by atoms with Gasteiger partial charge in [-0.05, 0) is 54.3 Å². The summed E-state index contributed by atoms with van der Waals surface area (Å²) in [6.45, 7) is 0.539. The molecule has 39 heavy (non-hydrogen) atoms. The molecule has 0 aliphatic carbocycles. The third-order valence-electron chi connectivity index (χ3n) is 6.80. The number of hydrogen-bond acceptors (Lipinski definition) is 5. The van der Waals surface area contributed by atoms with E-state index in [2.05, 4.69) is 20.6 Å². The molecular formula is C28H26F3N5O3. The second-order valence-electron chi connectivity index (χ2n) is 9.25. The Labute approximate surface area is 222 Å². The highest BCUT2D eigenvalue weighted by Crippen LogP contribution is 2.34. The minimum Gasteiger partial charge on any atom is -0.451 e. The number of aryl methyl sites for hydroxylation is 1. The van der Waals surface area contributed by atoms with Crippen LogP contribution in [-0.2, 0) is 23.9 Å². The molecule has 5 rings (SSSR count). The zero-order valence-electron chi connectivity index (χ0n) is 21.0. The Bertz CT molecular complexity index is 1520. The molecule has 11 heteroatoms. The van der Waals surface area contributed by atoms with Gasteiger partial charge in [0, 0.05) is 30.2 Å². The summed E-state index contributed by atoms with van der Waals surface area (Å²) in [7, 11) is 1.26. The summed E-state index contributed by atoms with van der Waals surface area (Å²) in [5.74, 6) is 0. The van der Waals surface area contributed by atoms with Gasteiger partial charge in [0.25, 0.3) is 0 Å². The Kier molecular flexibility index (Phi) is 7.14. The van der Waals surface area contributed by atoms with Crippen LogP contribution in [0.4, 0.5) is 34.1 Å². The van der Waals surface area contributed by atoms with Crippen LogP contribution < -0.4 is 15.5 Å². The second kappa shape index (κ2) is 10.7. The van der Waals surface area contributed by atoms with Crippen molar-refractivity contribution in [2.24, 2.45) is 0 Å². The van der Waals surface area contributed by atoms with E-state index in [1.807, 2.05) is 24.3 Å². The predicted octanol–water partition coefficient (Wildman–Crippen LogP) is 5.81. The molecule has 8 nitrogen and oxygen atoms in total. The monoisotopic (exact) mass is 537 g/mol. The van der Waals surface area contributed by atoms with Gasteiger partial charge < -0.3 is 20.3 Å². The number of anilines is 2. The van der Waals surface area contributed by atoms with E-state index in [1.54, 1.807) is 24.3 Å². The normalized spacial score (nSPS) is 15.1. The quantitative estimate of drug-likeness (QED) is 0.335. The summed E-state index contributed by atoms with van der Waals surface area (Å²) in [6.07, 6.45) is -2.10. The van der Waals surface area contributed by atoms with Crippen LogP contribution in [0.15, 0.2) is 72.9 Å². The number of ether oxygens (including phenoxy) is 1. The fourth-order valence-electron chi connectivity index (χ4n) is 4.92. The molecule has 1 aliphatic heterocycles. The SMILES string of the molecule is COC(=O)n1ncc2c(NC(=O)NCC3CCc4ccccc4N3Cc3cccc(C(F)(F)F)c3)cccc21. The number of hydrogen-bond donors (Lipinski definition) is 2. The Balaban J connectivity index is 1.32. The van der Waals surface area contributed by atoms with Crippen LogP contribution in [0, 0.1) is 0 Å². The van der Waals surface area contributed by atoms with Crippen LogP contribution in [0.2, 0.25) is 0 Å². The zero-order valence-corrected chi connectivity index (χ0v) is 21.0. The molecule has 202 valence electrons. The number of halogens is 3. The third kappa shape index (κ3) is 5.52. The number of alkyl halides is 3. The van der Waals surface area contributed by atoms with Gasteiger partial charge in [-0.2, -0.15) is 23.0 Å². The lowest BCUT2D eigenvalue weighted by Gasteiger charge is -2.39. The number of fused-ring (bicyclic) bond motifs is 2. The Morgan fingerprint density at radius 1 is 1.08 bits per heavy atom. The molecule has 1 aromatic heterocycles. The topological polar surface area (TPSA) is 88.5 Å². The van der Waals surface area contributed by atoms with E-state index >= 15 is 0 Å². The molecule has 0 fully saturated rings. The Hall–Kier alpha value is -4.54. The molecule has 2 N–H and O–H groups in total. The fourth-order valence-corrected chi connectivity index (χ4v) is 4.92. The van der Waals surface area contributed by atoms with Crippen LogP contribution in [0.25, 0.3) is 10.9 Å². The van der Waals surface area contributed by atoms with Crippen LogP contribution in [0.1, 0.15) is 23.1 Å². The first-order valence-corrected chi connectivity index (χ1v) is 12.3. The van der Waals surface area contributed by atoms with Crippen LogP contribution in [0.5, 0.6) is 0 Å². The van der Waals surface area contributed by atoms with Gasteiger partial charge in [-0.3, -0.25) is 0 Å². The smallest absolute Gasteiger partial charge is 0.434 e.